The Balaban J connectivity index is 1.58. The van der Waals surface area contributed by atoms with Gasteiger partial charge in [0.1, 0.15) is 5.75 Å². The van der Waals surface area contributed by atoms with Crippen molar-refractivity contribution in [1.82, 2.24) is 15.5 Å². The molecule has 0 unspecified atom stereocenters. The average Bonchev–Trinajstić information content (AvgIpc) is 3.03. The Bertz CT molecular complexity index is 800. The minimum absolute atomic E-state index is 0.102. The number of nitrogens with zero attached hydrogens (tertiary/aromatic N) is 2. The summed E-state index contributed by atoms with van der Waals surface area (Å²) in [6.07, 6.45) is -0.577. The minimum atomic E-state index is -0.577. The molecule has 6 nitrogen and oxygen atoms in total. The zero-order valence-electron chi connectivity index (χ0n) is 12.5. The van der Waals surface area contributed by atoms with Crippen molar-refractivity contribution in [1.29, 1.82) is 0 Å². The number of aryl methyl sites for hydroxylation is 1. The van der Waals surface area contributed by atoms with Crippen LogP contribution in [0.1, 0.15) is 11.5 Å². The van der Waals surface area contributed by atoms with Crippen LogP contribution in [0, 0.1) is 6.92 Å². The van der Waals surface area contributed by atoms with Gasteiger partial charge in [0, 0.05) is 5.56 Å². The smallest absolute Gasteiger partial charge is 0.413 e. The van der Waals surface area contributed by atoms with Crippen LogP contribution in [0.3, 0.4) is 0 Å². The summed E-state index contributed by atoms with van der Waals surface area (Å²) in [5, 5.41) is 10.5. The number of nitrogens with one attached hydrogen (secondary N) is 1. The molecule has 0 aliphatic carbocycles. The summed E-state index contributed by atoms with van der Waals surface area (Å²) in [5.41, 5.74) is 1.95. The molecule has 23 heavy (non-hydrogen) atoms. The quantitative estimate of drug-likeness (QED) is 0.800. The first-order valence-corrected chi connectivity index (χ1v) is 7.11. The van der Waals surface area contributed by atoms with Gasteiger partial charge < -0.3 is 14.5 Å². The molecule has 1 N–H and O–H groups in total. The molecule has 3 aromatic rings. The molecule has 116 valence electrons. The van der Waals surface area contributed by atoms with E-state index in [-0.39, 0.29) is 6.54 Å². The zero-order chi connectivity index (χ0) is 16.1. The average molecular weight is 309 g/mol. The molecular weight excluding hydrogens is 294 g/mol. The van der Waals surface area contributed by atoms with Crippen LogP contribution < -0.4 is 10.1 Å². The van der Waals surface area contributed by atoms with Gasteiger partial charge in [-0.15, -0.1) is 10.2 Å². The van der Waals surface area contributed by atoms with Crippen molar-refractivity contribution in [3.8, 4) is 17.2 Å². The first-order chi connectivity index (χ1) is 11.2. The van der Waals surface area contributed by atoms with Crippen molar-refractivity contribution in [2.75, 3.05) is 0 Å². The Kier molecular flexibility index (Phi) is 4.33. The molecule has 0 radical (unpaired) electrons. The Hall–Kier alpha value is -3.15. The summed E-state index contributed by atoms with van der Waals surface area (Å²) in [5.74, 6) is 1.20. The van der Waals surface area contributed by atoms with Crippen molar-refractivity contribution < 1.29 is 13.9 Å². The highest BCUT2D eigenvalue weighted by molar-refractivity contribution is 5.70. The third kappa shape index (κ3) is 3.94. The molecule has 0 bridgehead atoms. The Morgan fingerprint density at radius 1 is 1.13 bits per heavy atom. The van der Waals surface area contributed by atoms with Crippen molar-refractivity contribution in [3.05, 3.63) is 66.1 Å². The summed E-state index contributed by atoms with van der Waals surface area (Å²) in [6, 6.07) is 16.6. The maximum absolute atomic E-state index is 11.7. The Labute approximate surface area is 133 Å². The molecule has 6 heteroatoms. The summed E-state index contributed by atoms with van der Waals surface area (Å²) < 4.78 is 10.6. The van der Waals surface area contributed by atoms with Gasteiger partial charge in [0.25, 0.3) is 0 Å². The predicted molar refractivity (Wildman–Crippen MR) is 83.8 cm³/mol. The number of rotatable bonds is 4. The number of aromatic nitrogens is 2. The monoisotopic (exact) mass is 309 g/mol. The van der Waals surface area contributed by atoms with Crippen LogP contribution in [0.2, 0.25) is 0 Å². The van der Waals surface area contributed by atoms with Gasteiger partial charge in [-0.05, 0) is 31.2 Å². The standard InChI is InChI=1S/C17H15N3O3/c1-12-6-5-7-13(10-12)16-20-19-15(23-16)11-18-17(21)22-14-8-3-2-4-9-14/h2-10H,11H2,1H3,(H,18,21). The molecule has 0 atom stereocenters. The van der Waals surface area contributed by atoms with Gasteiger partial charge in [-0.2, -0.15) is 0 Å². The molecule has 0 saturated carbocycles. The van der Waals surface area contributed by atoms with Gasteiger partial charge in [0.05, 0.1) is 6.54 Å². The molecule has 0 aliphatic heterocycles. The molecule has 3 rings (SSSR count). The van der Waals surface area contributed by atoms with Gasteiger partial charge in [0.15, 0.2) is 0 Å². The van der Waals surface area contributed by atoms with Crippen LogP contribution in [0.15, 0.2) is 59.0 Å². The topological polar surface area (TPSA) is 77.2 Å². The summed E-state index contributed by atoms with van der Waals surface area (Å²) >= 11 is 0. The van der Waals surface area contributed by atoms with Crippen LogP contribution in [-0.2, 0) is 6.54 Å². The fourth-order valence-corrected chi connectivity index (χ4v) is 2.00. The van der Waals surface area contributed by atoms with Crippen LogP contribution in [0.4, 0.5) is 4.79 Å². The lowest BCUT2D eigenvalue weighted by atomic mass is 10.1. The molecular formula is C17H15N3O3. The molecule has 0 spiro atoms. The minimum Gasteiger partial charge on any atom is -0.419 e. The van der Waals surface area contributed by atoms with Gasteiger partial charge >= 0.3 is 6.09 Å². The van der Waals surface area contributed by atoms with Crippen LogP contribution in [-0.4, -0.2) is 16.3 Å². The summed E-state index contributed by atoms with van der Waals surface area (Å²) in [7, 11) is 0. The number of carbonyl (C=O) groups is 1. The largest absolute Gasteiger partial charge is 0.419 e. The van der Waals surface area contributed by atoms with Crippen molar-refractivity contribution >= 4 is 6.09 Å². The number of hydrogen-bond acceptors (Lipinski definition) is 5. The number of amides is 1. The van der Waals surface area contributed by atoms with Gasteiger partial charge in [-0.25, -0.2) is 4.79 Å². The van der Waals surface area contributed by atoms with E-state index < -0.39 is 6.09 Å². The second-order valence-electron chi connectivity index (χ2n) is 4.93. The van der Waals surface area contributed by atoms with Crippen LogP contribution >= 0.6 is 0 Å². The second-order valence-corrected chi connectivity index (χ2v) is 4.93. The highest BCUT2D eigenvalue weighted by atomic mass is 16.6. The number of para-hydroxylation sites is 1. The number of ether oxygens (including phenoxy) is 1. The number of carbonyl (C=O) groups excluding carboxylic acids is 1. The molecule has 2 aromatic carbocycles. The normalized spacial score (nSPS) is 10.3. The number of benzene rings is 2. The lowest BCUT2D eigenvalue weighted by Crippen LogP contribution is -2.26. The zero-order valence-corrected chi connectivity index (χ0v) is 12.5. The van der Waals surface area contributed by atoms with E-state index >= 15 is 0 Å². The van der Waals surface area contributed by atoms with Gasteiger partial charge in [0.2, 0.25) is 11.8 Å². The highest BCUT2D eigenvalue weighted by Crippen LogP contribution is 2.18. The SMILES string of the molecule is Cc1cccc(-c2nnc(CNC(=O)Oc3ccccc3)o2)c1. The summed E-state index contributed by atoms with van der Waals surface area (Å²) in [4.78, 5) is 11.7. The fraction of sp³-hybridized carbons (Fsp3) is 0.118. The molecule has 0 fully saturated rings. The van der Waals surface area contributed by atoms with Crippen molar-refractivity contribution in [2.45, 2.75) is 13.5 Å². The Morgan fingerprint density at radius 3 is 2.74 bits per heavy atom. The van der Waals surface area contributed by atoms with E-state index in [1.807, 2.05) is 37.3 Å². The molecule has 1 heterocycles. The maximum atomic E-state index is 11.7. The molecule has 1 aromatic heterocycles. The fourth-order valence-electron chi connectivity index (χ4n) is 2.00. The van der Waals surface area contributed by atoms with E-state index in [1.54, 1.807) is 24.3 Å². The van der Waals surface area contributed by atoms with Crippen LogP contribution in [0.25, 0.3) is 11.5 Å². The summed E-state index contributed by atoms with van der Waals surface area (Å²) in [6.45, 7) is 2.09. The predicted octanol–water partition coefficient (Wildman–Crippen LogP) is 3.33. The van der Waals surface area contributed by atoms with Gasteiger partial charge in [-0.1, -0.05) is 35.9 Å². The highest BCUT2D eigenvalue weighted by Gasteiger charge is 2.10. The van der Waals surface area contributed by atoms with E-state index in [2.05, 4.69) is 15.5 Å². The Morgan fingerprint density at radius 2 is 1.96 bits per heavy atom. The van der Waals surface area contributed by atoms with Crippen LogP contribution in [0.5, 0.6) is 5.75 Å². The first kappa shape index (κ1) is 14.8. The van der Waals surface area contributed by atoms with Crippen molar-refractivity contribution in [2.24, 2.45) is 0 Å². The van der Waals surface area contributed by atoms with Crippen molar-refractivity contribution in [3.63, 3.8) is 0 Å². The van der Waals surface area contributed by atoms with E-state index in [4.69, 9.17) is 9.15 Å². The van der Waals surface area contributed by atoms with E-state index in [9.17, 15) is 4.79 Å². The molecule has 0 aliphatic rings. The van der Waals surface area contributed by atoms with E-state index in [0.717, 1.165) is 11.1 Å². The van der Waals surface area contributed by atoms with E-state index in [1.165, 1.54) is 0 Å². The first-order valence-electron chi connectivity index (χ1n) is 7.11. The molecule has 1 amide bonds. The maximum Gasteiger partial charge on any atom is 0.413 e. The second kappa shape index (κ2) is 6.74. The molecule has 0 saturated heterocycles. The lowest BCUT2D eigenvalue weighted by molar-refractivity contribution is 0.198. The lowest BCUT2D eigenvalue weighted by Gasteiger charge is -2.04. The van der Waals surface area contributed by atoms with Gasteiger partial charge in [-0.3, -0.25) is 0 Å². The number of hydrogen-bond donors (Lipinski definition) is 1. The third-order valence-corrected chi connectivity index (χ3v) is 3.07. The van der Waals surface area contributed by atoms with E-state index in [0.29, 0.717) is 17.5 Å². The third-order valence-electron chi connectivity index (χ3n) is 3.07.